The number of aliphatic hydroxyl groups is 1. The van der Waals surface area contributed by atoms with Crippen molar-refractivity contribution in [1.29, 1.82) is 0 Å². The number of fused-ring (bicyclic) bond motifs is 20. The van der Waals surface area contributed by atoms with Crippen LogP contribution in [0.3, 0.4) is 0 Å². The van der Waals surface area contributed by atoms with Crippen molar-refractivity contribution in [3.8, 4) is 45.6 Å². The van der Waals surface area contributed by atoms with Gasteiger partial charge in [-0.3, -0.25) is 5.04 Å². The van der Waals surface area contributed by atoms with Crippen LogP contribution in [0.25, 0.3) is 89.7 Å². The maximum Gasteiger partial charge on any atom is 2.00 e. The smallest absolute Gasteiger partial charge is 0.748 e. The second-order valence-corrected chi connectivity index (χ2v) is 32.0. The molecule has 0 spiro atoms. The number of rotatable bonds is 23. The number of nitrogens with zero attached hydrogens (tertiary/aromatic N) is 8. The first kappa shape index (κ1) is 86.6. The van der Waals surface area contributed by atoms with E-state index in [0.717, 1.165) is 93.1 Å². The van der Waals surface area contributed by atoms with E-state index in [0.29, 0.717) is 58.2 Å². The van der Waals surface area contributed by atoms with E-state index < -0.39 is 77.4 Å². The fraction of sp³-hybridized carbons (Fsp3) is 0.373. The third-order valence-corrected chi connectivity index (χ3v) is 18.3. The van der Waals surface area contributed by atoms with E-state index in [1.807, 2.05) is 97.1 Å². The molecule has 5 heterocycles. The molecule has 0 saturated heterocycles. The largest absolute Gasteiger partial charge is 2.00 e. The molecule has 491 valence electrons. The molecule has 7 aromatic rings. The maximum absolute atomic E-state index is 11.2. The number of aromatic nitrogens is 8. The molecule has 1 unspecified atom stereocenters. The summed E-state index contributed by atoms with van der Waals surface area (Å²) in [6.07, 6.45) is 4.59. The fourth-order valence-corrected chi connectivity index (χ4v) is 12.8. The number of aliphatic hydroxyl groups excluding tert-OH is 1. The van der Waals surface area contributed by atoms with Gasteiger partial charge in [-0.25, -0.2) is 70.1 Å². The molecular weight excluding hydrogens is 1400 g/mol. The van der Waals surface area contributed by atoms with Crippen molar-refractivity contribution in [3.05, 3.63) is 97.1 Å². The van der Waals surface area contributed by atoms with Crippen LogP contribution < -0.4 is 76.5 Å². The predicted octanol–water partition coefficient (Wildman–Crippen LogP) is -5.73. The van der Waals surface area contributed by atoms with Crippen LogP contribution in [0.5, 0.6) is 0 Å². The Bertz CT molecular complexity index is 3950. The van der Waals surface area contributed by atoms with Crippen LogP contribution in [0.1, 0.15) is 32.6 Å². The van der Waals surface area contributed by atoms with Crippen LogP contribution in [-0.4, -0.2) is 179 Å². The molecule has 92 heavy (non-hydrogen) atoms. The number of sulfonamides is 1. The van der Waals surface area contributed by atoms with Crippen molar-refractivity contribution in [1.82, 2.24) is 44.6 Å². The number of hydrogen-bond donors (Lipinski definition) is 2. The van der Waals surface area contributed by atoms with Crippen molar-refractivity contribution in [2.24, 2.45) is 0 Å². The Morgan fingerprint density at radius 1 is 0.500 bits per heavy atom. The normalized spacial score (nSPS) is 12.1. The molecule has 4 aromatic carbocycles. The van der Waals surface area contributed by atoms with Crippen molar-refractivity contribution in [2.75, 3.05) is 78.4 Å². The average Bonchev–Trinajstić information content (AvgIpc) is 1.61. The zero-order valence-corrected chi connectivity index (χ0v) is 58.3. The van der Waals surface area contributed by atoms with E-state index >= 15 is 0 Å². The monoisotopic (exact) mass is 1460 g/mol. The summed E-state index contributed by atoms with van der Waals surface area (Å²) in [4.78, 5) is 43.9. The van der Waals surface area contributed by atoms with E-state index in [2.05, 4.69) is 23.3 Å². The van der Waals surface area contributed by atoms with Crippen molar-refractivity contribution >= 4 is 128 Å². The standard InChI is InChI=1S/C32H16N8.C7H17NO5S2.3C4H10O5S2.Cu.3Li/c1-2-10-18-17(9-1)25-33-26(18)38-28-21-13-5-6-14-22(21)30(35-28)40-32-24-16-8-7-15-23(24)31(36-32)39-29-20-12-4-3-11-19(20)27(34-29)37-25;1-7(9)6-8-15(12,13)5-3-4-14(2,10)11;2*1-10(5,6)3-2-4-11(7,8)9;1-10-8-6-3-2-4-11-9-7-5;;;;/h1-16H;7-9H,3-6H2,1-2H3;2*2-4H2,1H3,(H,7,8,9);5H,2-4H2,1H3;;;;/q-2;;;;;+2;3*+1/p-3. The number of nitrogens with one attached hydrogen (secondary N) is 1. The van der Waals surface area contributed by atoms with Crippen LogP contribution in [-0.2, 0) is 95.4 Å². The number of hydrogen-bond acceptors (Lipinski definition) is 28. The Kier molecular flexibility index (Phi) is 38.0. The van der Waals surface area contributed by atoms with Crippen LogP contribution >= 0.6 is 24.1 Å². The van der Waals surface area contributed by atoms with Crippen molar-refractivity contribution < 1.29 is 162 Å². The van der Waals surface area contributed by atoms with Crippen LogP contribution in [0, 0.1) is 0 Å². The number of sulfone groups is 3. The zero-order valence-electron chi connectivity index (χ0n) is 50.9. The number of benzene rings is 4. The van der Waals surface area contributed by atoms with Gasteiger partial charge < -0.3 is 49.4 Å². The molecule has 2 aliphatic heterocycles. The van der Waals surface area contributed by atoms with E-state index in [1.54, 1.807) is 6.26 Å². The minimum atomic E-state index is -4.26. The minimum absolute atomic E-state index is 0. The van der Waals surface area contributed by atoms with Gasteiger partial charge in [0.15, 0.2) is 0 Å². The second kappa shape index (κ2) is 40.3. The Labute approximate surface area is 588 Å². The Morgan fingerprint density at radius 3 is 1.10 bits per heavy atom. The average molecular weight is 1460 g/mol. The van der Waals surface area contributed by atoms with Gasteiger partial charge in [-0.05, 0) is 54.2 Å². The molecule has 9 rings (SSSR count). The second-order valence-electron chi connectivity index (χ2n) is 19.0. The summed E-state index contributed by atoms with van der Waals surface area (Å²) in [6.45, 7) is 1.87. The van der Waals surface area contributed by atoms with Gasteiger partial charge >= 0.3 is 73.7 Å². The summed E-state index contributed by atoms with van der Waals surface area (Å²) in [5.74, 6) is 0.707. The first-order valence-corrected chi connectivity index (χ1v) is 38.8. The zero-order chi connectivity index (χ0) is 64.9. The molecular formula is C51H60CuLi3N9O20S8. The van der Waals surface area contributed by atoms with Crippen LogP contribution in [0.2, 0.25) is 0 Å². The molecule has 0 fully saturated rings. The molecule has 1 radical (unpaired) electrons. The van der Waals surface area contributed by atoms with Gasteiger partial charge in [0.1, 0.15) is 29.5 Å². The molecule has 3 aromatic heterocycles. The van der Waals surface area contributed by atoms with Gasteiger partial charge in [-0.1, -0.05) is 97.1 Å². The van der Waals surface area contributed by atoms with Gasteiger partial charge in [0.2, 0.25) is 10.0 Å². The molecule has 41 heteroatoms. The Morgan fingerprint density at radius 2 is 0.815 bits per heavy atom. The Balaban J connectivity index is 0.000000679. The molecule has 2 aliphatic rings. The predicted molar refractivity (Wildman–Crippen MR) is 329 cm³/mol. The Hall–Kier alpha value is -3.41. The summed E-state index contributed by atoms with van der Waals surface area (Å²) in [5.41, 5.74) is 5.78. The van der Waals surface area contributed by atoms with Crippen LogP contribution in [0.15, 0.2) is 97.1 Å². The maximum atomic E-state index is 11.2. The third kappa shape index (κ3) is 31.2. The summed E-state index contributed by atoms with van der Waals surface area (Å²) < 4.78 is 156. The van der Waals surface area contributed by atoms with E-state index in [4.69, 9.17) is 45.0 Å². The molecule has 0 saturated carbocycles. The van der Waals surface area contributed by atoms with Gasteiger partial charge in [0.05, 0.1) is 79.3 Å². The van der Waals surface area contributed by atoms with Crippen molar-refractivity contribution in [2.45, 2.75) is 38.7 Å². The quantitative estimate of drug-likeness (QED) is 0.0150. The molecule has 2 N–H and O–H groups in total. The third-order valence-electron chi connectivity index (χ3n) is 11.3. The molecule has 0 amide bonds. The van der Waals surface area contributed by atoms with Gasteiger partial charge in [0, 0.05) is 118 Å². The van der Waals surface area contributed by atoms with E-state index in [1.165, 1.54) is 6.92 Å². The summed E-state index contributed by atoms with van der Waals surface area (Å²) in [7, 11) is -21.4. The summed E-state index contributed by atoms with van der Waals surface area (Å²) in [6, 6.07) is 31.8. The van der Waals surface area contributed by atoms with Gasteiger partial charge in [-0.2, -0.15) is 8.67 Å². The summed E-state index contributed by atoms with van der Waals surface area (Å²) in [5, 5.41) is 24.8. The minimum Gasteiger partial charge on any atom is -0.748 e. The van der Waals surface area contributed by atoms with Gasteiger partial charge in [-0.15, -0.1) is 0 Å². The first-order chi connectivity index (χ1) is 41.2. The SMILES string of the molecule is CC(O)CNS(=O)(=O)CCCS(C)(=O)=O.CS(=O)(=O)CCCS(=O)(=O)[O-].CS(=O)(=O)CCCS(=O)(=O)[O-].CSOOCCCSOO[O-].[Cu+2].[Li+].[Li+].[Li+].c1ccc2c(c1)-c1nc-2nc2[n-]c(nc3nc(nc4[n-]c(n1)c1ccccc41)-c1ccccc1-3)c1ccccc21. The van der Waals surface area contributed by atoms with Gasteiger partial charge in [0.25, 0.3) is 0 Å². The molecule has 0 aliphatic carbocycles. The fourth-order valence-electron chi connectivity index (χ4n) is 7.60. The summed E-state index contributed by atoms with van der Waals surface area (Å²) >= 11 is 2.07. The molecule has 1 atom stereocenters. The first-order valence-electron chi connectivity index (χ1n) is 25.8. The molecule has 29 nitrogen and oxygen atoms in total. The van der Waals surface area contributed by atoms with Crippen LogP contribution in [0.4, 0.5) is 0 Å². The van der Waals surface area contributed by atoms with E-state index in [9.17, 15) is 64.9 Å². The van der Waals surface area contributed by atoms with Crippen molar-refractivity contribution in [3.63, 3.8) is 0 Å². The molecule has 8 bridgehead atoms. The van der Waals surface area contributed by atoms with E-state index in [-0.39, 0.29) is 122 Å². The topological polar surface area (TPSA) is 449 Å².